The fourth-order valence-electron chi connectivity index (χ4n) is 5.53. The van der Waals surface area contributed by atoms with Crippen molar-refractivity contribution in [3.8, 4) is 5.75 Å². The van der Waals surface area contributed by atoms with Crippen molar-refractivity contribution in [3.05, 3.63) is 95.6 Å². The number of rotatable bonds is 11. The number of nitrogens with zero attached hydrogens (tertiary/aromatic N) is 4. The average molecular weight is 573 g/mol. The van der Waals surface area contributed by atoms with Gasteiger partial charge < -0.3 is 24.4 Å². The van der Waals surface area contributed by atoms with Gasteiger partial charge in [-0.25, -0.2) is 4.79 Å². The van der Waals surface area contributed by atoms with Crippen LogP contribution in [0.25, 0.3) is 0 Å². The number of carbonyl (C=O) groups is 2. The maximum absolute atomic E-state index is 13.2. The molecule has 3 aromatic rings. The lowest BCUT2D eigenvalue weighted by Crippen LogP contribution is -2.49. The number of aliphatic hydroxyl groups is 1. The smallest absolute Gasteiger partial charge is 0.415 e. The Hall–Kier alpha value is -3.92. The Balaban J connectivity index is 1.23. The van der Waals surface area contributed by atoms with Crippen LogP contribution in [0.15, 0.2) is 78.9 Å². The Morgan fingerprint density at radius 3 is 2.29 bits per heavy atom. The fraction of sp³-hybridized carbons (Fsp3) is 0.394. The van der Waals surface area contributed by atoms with Crippen LogP contribution >= 0.6 is 0 Å². The van der Waals surface area contributed by atoms with Crippen molar-refractivity contribution in [2.45, 2.75) is 25.2 Å². The Bertz CT molecular complexity index is 1310. The van der Waals surface area contributed by atoms with E-state index in [-0.39, 0.29) is 12.5 Å². The third-order valence-corrected chi connectivity index (χ3v) is 7.86. The third kappa shape index (κ3) is 7.10. The van der Waals surface area contributed by atoms with Gasteiger partial charge in [-0.2, -0.15) is 0 Å². The van der Waals surface area contributed by atoms with Crippen molar-refractivity contribution in [1.29, 1.82) is 0 Å². The number of hydrogen-bond donors (Lipinski definition) is 1. The van der Waals surface area contributed by atoms with Gasteiger partial charge in [-0.1, -0.05) is 42.5 Å². The van der Waals surface area contributed by atoms with E-state index in [0.29, 0.717) is 36.7 Å². The van der Waals surface area contributed by atoms with Gasteiger partial charge in [0.1, 0.15) is 18.4 Å². The van der Waals surface area contributed by atoms with Crippen molar-refractivity contribution in [2.24, 2.45) is 0 Å². The minimum atomic E-state index is -0.719. The van der Waals surface area contributed by atoms with Gasteiger partial charge >= 0.3 is 6.09 Å². The van der Waals surface area contributed by atoms with Crippen LogP contribution in [0, 0.1) is 0 Å². The van der Waals surface area contributed by atoms with Crippen LogP contribution in [0.4, 0.5) is 10.5 Å². The summed E-state index contributed by atoms with van der Waals surface area (Å²) in [6, 6.07) is 24.0. The molecule has 9 nitrogen and oxygen atoms in total. The molecular weight excluding hydrogens is 532 g/mol. The van der Waals surface area contributed by atoms with Crippen LogP contribution in [-0.4, -0.2) is 97.9 Å². The van der Waals surface area contributed by atoms with Crippen molar-refractivity contribution >= 4 is 17.7 Å². The molecule has 2 atom stereocenters. The molecule has 2 amide bonds. The predicted molar refractivity (Wildman–Crippen MR) is 162 cm³/mol. The summed E-state index contributed by atoms with van der Waals surface area (Å²) in [7, 11) is 4.17. The van der Waals surface area contributed by atoms with E-state index >= 15 is 0 Å². The zero-order chi connectivity index (χ0) is 29.5. The largest absolute Gasteiger partial charge is 0.489 e. The second kappa shape index (κ2) is 13.8. The van der Waals surface area contributed by atoms with E-state index in [9.17, 15) is 14.7 Å². The Morgan fingerprint density at radius 2 is 1.64 bits per heavy atom. The molecule has 2 unspecified atom stereocenters. The number of amides is 2. The minimum Gasteiger partial charge on any atom is -0.489 e. The van der Waals surface area contributed by atoms with Crippen molar-refractivity contribution in [1.82, 2.24) is 14.7 Å². The first-order valence-electron chi connectivity index (χ1n) is 14.6. The first-order valence-corrected chi connectivity index (χ1v) is 14.6. The quantitative estimate of drug-likeness (QED) is 0.371. The van der Waals surface area contributed by atoms with E-state index in [1.165, 1.54) is 0 Å². The predicted octanol–water partition coefficient (Wildman–Crippen LogP) is 4.03. The molecule has 1 N–H and O–H groups in total. The van der Waals surface area contributed by atoms with E-state index in [1.807, 2.05) is 59.5 Å². The van der Waals surface area contributed by atoms with Crippen molar-refractivity contribution in [3.63, 3.8) is 0 Å². The number of carbonyl (C=O) groups excluding carboxylic acids is 2. The van der Waals surface area contributed by atoms with Crippen molar-refractivity contribution < 1.29 is 24.2 Å². The third-order valence-electron chi connectivity index (χ3n) is 7.86. The van der Waals surface area contributed by atoms with Gasteiger partial charge in [0.25, 0.3) is 5.91 Å². The SMILES string of the molecule is CN(C)CCCN1CCN(C(=O)c2ccc(N3C(=O)OC(CO)C3c3ccc(OCc4ccccc4)cc3)cc2)CC1. The first-order chi connectivity index (χ1) is 20.4. The van der Waals surface area contributed by atoms with Gasteiger partial charge in [0.2, 0.25) is 0 Å². The lowest BCUT2D eigenvalue weighted by molar-refractivity contribution is 0.0633. The highest BCUT2D eigenvalue weighted by molar-refractivity contribution is 5.96. The van der Waals surface area contributed by atoms with Crippen LogP contribution in [0.1, 0.15) is 33.9 Å². The summed E-state index contributed by atoms with van der Waals surface area (Å²) in [5.41, 5.74) is 3.08. The molecule has 0 aromatic heterocycles. The van der Waals surface area contributed by atoms with E-state index < -0.39 is 18.2 Å². The van der Waals surface area contributed by atoms with Gasteiger partial charge in [0, 0.05) is 37.4 Å². The second-order valence-corrected chi connectivity index (χ2v) is 11.1. The lowest BCUT2D eigenvalue weighted by atomic mass is 10.00. The monoisotopic (exact) mass is 572 g/mol. The summed E-state index contributed by atoms with van der Waals surface area (Å²) in [5, 5.41) is 10.0. The molecule has 2 saturated heterocycles. The highest BCUT2D eigenvalue weighted by atomic mass is 16.6. The van der Waals surface area contributed by atoms with Crippen LogP contribution in [0.3, 0.4) is 0 Å². The zero-order valence-corrected chi connectivity index (χ0v) is 24.4. The van der Waals surface area contributed by atoms with E-state index in [4.69, 9.17) is 9.47 Å². The van der Waals surface area contributed by atoms with E-state index in [1.54, 1.807) is 29.2 Å². The molecule has 2 heterocycles. The standard InChI is InChI=1S/C33H40N4O5/c1-34(2)17-6-18-35-19-21-36(22-20-35)32(39)27-9-13-28(14-10-27)37-31(30(23-38)42-33(37)40)26-11-15-29(16-12-26)41-24-25-7-4-3-5-8-25/h3-5,7-16,30-31,38H,6,17-24H2,1-2H3. The molecule has 222 valence electrons. The lowest BCUT2D eigenvalue weighted by Gasteiger charge is -2.35. The normalized spacial score (nSPS) is 19.3. The summed E-state index contributed by atoms with van der Waals surface area (Å²) in [4.78, 5) is 34.2. The molecule has 3 aromatic carbocycles. The number of hydrogen-bond acceptors (Lipinski definition) is 7. The maximum Gasteiger partial charge on any atom is 0.415 e. The molecule has 2 aliphatic heterocycles. The number of aliphatic hydroxyl groups excluding tert-OH is 1. The van der Waals surface area contributed by atoms with Gasteiger partial charge in [0.15, 0.2) is 6.10 Å². The average Bonchev–Trinajstić information content (AvgIpc) is 3.36. The van der Waals surface area contributed by atoms with Crippen LogP contribution in [0.5, 0.6) is 5.75 Å². The highest BCUT2D eigenvalue weighted by Crippen LogP contribution is 2.38. The Morgan fingerprint density at radius 1 is 0.952 bits per heavy atom. The Labute approximate surface area is 247 Å². The molecule has 0 aliphatic carbocycles. The second-order valence-electron chi connectivity index (χ2n) is 11.1. The molecule has 0 saturated carbocycles. The number of anilines is 1. The molecule has 0 radical (unpaired) electrons. The molecular formula is C33H40N4O5. The number of piperazine rings is 1. The maximum atomic E-state index is 13.2. The number of cyclic esters (lactones) is 1. The highest BCUT2D eigenvalue weighted by Gasteiger charge is 2.43. The number of ether oxygens (including phenoxy) is 2. The van der Waals surface area contributed by atoms with Gasteiger partial charge in [0.05, 0.1) is 6.61 Å². The minimum absolute atomic E-state index is 0.00522. The summed E-state index contributed by atoms with van der Waals surface area (Å²) in [6.45, 7) is 5.39. The summed E-state index contributed by atoms with van der Waals surface area (Å²) < 4.78 is 11.4. The van der Waals surface area contributed by atoms with Gasteiger partial charge in [-0.05, 0) is 81.1 Å². The van der Waals surface area contributed by atoms with Crippen LogP contribution < -0.4 is 9.64 Å². The van der Waals surface area contributed by atoms with Crippen LogP contribution in [-0.2, 0) is 11.3 Å². The van der Waals surface area contributed by atoms with E-state index in [2.05, 4.69) is 23.9 Å². The fourth-order valence-corrected chi connectivity index (χ4v) is 5.53. The molecule has 0 bridgehead atoms. The number of benzene rings is 3. The molecule has 2 fully saturated rings. The molecule has 42 heavy (non-hydrogen) atoms. The van der Waals surface area contributed by atoms with E-state index in [0.717, 1.165) is 43.7 Å². The molecule has 9 heteroatoms. The first kappa shape index (κ1) is 29.6. The molecule has 0 spiro atoms. The summed E-state index contributed by atoms with van der Waals surface area (Å²) in [5.74, 6) is 0.701. The molecule has 5 rings (SSSR count). The summed E-state index contributed by atoms with van der Waals surface area (Å²) >= 11 is 0. The Kier molecular flexibility index (Phi) is 9.74. The van der Waals surface area contributed by atoms with Crippen molar-refractivity contribution in [2.75, 3.05) is 64.9 Å². The topological polar surface area (TPSA) is 85.8 Å². The zero-order valence-electron chi connectivity index (χ0n) is 24.4. The van der Waals surface area contributed by atoms with Gasteiger partial charge in [-0.3, -0.25) is 14.6 Å². The van der Waals surface area contributed by atoms with Gasteiger partial charge in [-0.15, -0.1) is 0 Å². The molecule has 2 aliphatic rings. The summed E-state index contributed by atoms with van der Waals surface area (Å²) in [6.07, 6.45) is -0.136. The van der Waals surface area contributed by atoms with Crippen LogP contribution in [0.2, 0.25) is 0 Å².